The number of nitrogens with one attached hydrogen (secondary N) is 1. The molecule has 3 fully saturated rings. The maximum atomic E-state index is 13.1. The molecule has 1 unspecified atom stereocenters. The van der Waals surface area contributed by atoms with E-state index < -0.39 is 0 Å². The van der Waals surface area contributed by atoms with Crippen molar-refractivity contribution in [3.05, 3.63) is 35.9 Å². The van der Waals surface area contributed by atoms with E-state index in [4.69, 9.17) is 0 Å². The van der Waals surface area contributed by atoms with Crippen LogP contribution in [0.4, 0.5) is 0 Å². The average molecular weight is 442 g/mol. The second kappa shape index (κ2) is 10.9. The molecule has 1 aromatic rings. The van der Waals surface area contributed by atoms with Gasteiger partial charge in [0.25, 0.3) is 0 Å². The van der Waals surface area contributed by atoms with Crippen LogP contribution < -0.4 is 5.32 Å². The van der Waals surface area contributed by atoms with Crippen molar-refractivity contribution in [1.29, 1.82) is 0 Å². The minimum absolute atomic E-state index is 0.0107. The van der Waals surface area contributed by atoms with Crippen LogP contribution in [0.1, 0.15) is 31.2 Å². The molecule has 0 spiro atoms. The summed E-state index contributed by atoms with van der Waals surface area (Å²) in [6, 6.07) is 10.1. The molecule has 32 heavy (non-hydrogen) atoms. The number of piperazine rings is 1. The van der Waals surface area contributed by atoms with Crippen molar-refractivity contribution in [3.63, 3.8) is 0 Å². The summed E-state index contributed by atoms with van der Waals surface area (Å²) in [5, 5.41) is 2.77. The molecule has 1 N–H and O–H groups in total. The molecule has 3 aliphatic rings. The molecule has 3 amide bonds. The second-order valence-corrected chi connectivity index (χ2v) is 9.08. The first-order valence-electron chi connectivity index (χ1n) is 11.9. The molecule has 3 heterocycles. The summed E-state index contributed by atoms with van der Waals surface area (Å²) >= 11 is 0. The van der Waals surface area contributed by atoms with Gasteiger partial charge in [-0.25, -0.2) is 0 Å². The van der Waals surface area contributed by atoms with E-state index in [2.05, 4.69) is 27.2 Å². The predicted octanol–water partition coefficient (Wildman–Crippen LogP) is 0.534. The number of carbonyl (C=O) groups is 3. The molecular weight excluding hydrogens is 406 g/mol. The van der Waals surface area contributed by atoms with E-state index in [0.29, 0.717) is 13.1 Å². The molecule has 0 aliphatic carbocycles. The Morgan fingerprint density at radius 1 is 0.906 bits per heavy atom. The topological polar surface area (TPSA) is 76.2 Å². The second-order valence-electron chi connectivity index (χ2n) is 9.08. The van der Waals surface area contributed by atoms with Crippen molar-refractivity contribution < 1.29 is 14.4 Å². The zero-order chi connectivity index (χ0) is 22.3. The van der Waals surface area contributed by atoms with Crippen LogP contribution in [-0.2, 0) is 20.9 Å². The molecule has 4 rings (SSSR count). The number of hydrogen-bond donors (Lipinski definition) is 1. The number of hydrogen-bond acceptors (Lipinski definition) is 5. The molecule has 0 radical (unpaired) electrons. The molecule has 0 aromatic heterocycles. The summed E-state index contributed by atoms with van der Waals surface area (Å²) in [6.07, 6.45) is 4.04. The zero-order valence-corrected chi connectivity index (χ0v) is 18.9. The van der Waals surface area contributed by atoms with Gasteiger partial charge in [-0.1, -0.05) is 30.3 Å². The van der Waals surface area contributed by atoms with Crippen molar-refractivity contribution in [1.82, 2.24) is 24.9 Å². The first-order chi connectivity index (χ1) is 15.6. The van der Waals surface area contributed by atoms with Gasteiger partial charge < -0.3 is 15.1 Å². The average Bonchev–Trinajstić information content (AvgIpc) is 3.35. The molecule has 8 heteroatoms. The first kappa shape index (κ1) is 22.7. The van der Waals surface area contributed by atoms with Crippen molar-refractivity contribution in [2.45, 2.75) is 38.3 Å². The van der Waals surface area contributed by atoms with E-state index in [1.54, 1.807) is 0 Å². The smallest absolute Gasteiger partial charge is 0.241 e. The molecule has 3 aliphatic heterocycles. The number of rotatable bonds is 7. The van der Waals surface area contributed by atoms with Gasteiger partial charge in [-0.3, -0.25) is 24.2 Å². The lowest BCUT2D eigenvalue weighted by molar-refractivity contribution is -0.142. The minimum atomic E-state index is -0.103. The number of nitrogens with zero attached hydrogens (tertiary/aromatic N) is 4. The maximum Gasteiger partial charge on any atom is 0.241 e. The van der Waals surface area contributed by atoms with Crippen LogP contribution >= 0.6 is 0 Å². The Morgan fingerprint density at radius 3 is 2.34 bits per heavy atom. The van der Waals surface area contributed by atoms with E-state index in [1.165, 1.54) is 5.56 Å². The lowest BCUT2D eigenvalue weighted by Gasteiger charge is -2.42. The van der Waals surface area contributed by atoms with Gasteiger partial charge in [-0.2, -0.15) is 0 Å². The Labute approximate surface area is 190 Å². The fraction of sp³-hybridized carbons (Fsp3) is 0.625. The largest absolute Gasteiger partial charge is 0.346 e. The van der Waals surface area contributed by atoms with Gasteiger partial charge in [0.2, 0.25) is 17.7 Å². The van der Waals surface area contributed by atoms with Crippen LogP contribution in [0, 0.1) is 0 Å². The highest BCUT2D eigenvalue weighted by Gasteiger charge is 2.35. The Kier molecular flexibility index (Phi) is 7.76. The number of piperidine rings is 1. The number of benzene rings is 1. The van der Waals surface area contributed by atoms with Crippen LogP contribution in [0.2, 0.25) is 0 Å². The summed E-state index contributed by atoms with van der Waals surface area (Å²) in [5.41, 5.74) is 1.17. The highest BCUT2D eigenvalue weighted by molar-refractivity contribution is 5.85. The first-order valence-corrected chi connectivity index (χ1v) is 11.9. The van der Waals surface area contributed by atoms with Crippen molar-refractivity contribution >= 4 is 17.7 Å². The molecule has 174 valence electrons. The van der Waals surface area contributed by atoms with Gasteiger partial charge >= 0.3 is 0 Å². The Balaban J connectivity index is 1.19. The van der Waals surface area contributed by atoms with Crippen LogP contribution in [0.3, 0.4) is 0 Å². The standard InChI is InChI=1S/C24H35N5O3/c30-22(25-17-23(31)28-10-4-5-11-28)19-26-13-15-27(16-14-26)21-9-6-12-29(24(21)32)18-20-7-2-1-3-8-20/h1-3,7-8,21H,4-6,9-19H2,(H,25,30). The molecule has 1 aromatic carbocycles. The number of likely N-dealkylation sites (tertiary alicyclic amines) is 2. The summed E-state index contributed by atoms with van der Waals surface area (Å²) in [5.74, 6) is 0.136. The molecule has 3 saturated heterocycles. The molecule has 8 nitrogen and oxygen atoms in total. The Morgan fingerprint density at radius 2 is 1.62 bits per heavy atom. The van der Waals surface area contributed by atoms with E-state index in [1.807, 2.05) is 28.0 Å². The van der Waals surface area contributed by atoms with E-state index in [-0.39, 0.29) is 30.3 Å². The maximum absolute atomic E-state index is 13.1. The summed E-state index contributed by atoms with van der Waals surface area (Å²) in [6.45, 7) is 6.59. The minimum Gasteiger partial charge on any atom is -0.346 e. The van der Waals surface area contributed by atoms with Crippen LogP contribution in [-0.4, -0.2) is 102 Å². The Hall–Kier alpha value is -2.45. The predicted molar refractivity (Wildman–Crippen MR) is 122 cm³/mol. The molecule has 0 bridgehead atoms. The van der Waals surface area contributed by atoms with Gasteiger partial charge in [0.1, 0.15) is 0 Å². The quantitative estimate of drug-likeness (QED) is 0.668. The lowest BCUT2D eigenvalue weighted by atomic mass is 10.0. The molecule has 0 saturated carbocycles. The van der Waals surface area contributed by atoms with Gasteiger partial charge in [-0.15, -0.1) is 0 Å². The van der Waals surface area contributed by atoms with E-state index in [9.17, 15) is 14.4 Å². The number of carbonyl (C=O) groups excluding carboxylic acids is 3. The van der Waals surface area contributed by atoms with Gasteiger partial charge in [0.05, 0.1) is 19.1 Å². The third-order valence-electron chi connectivity index (χ3n) is 6.83. The third-order valence-corrected chi connectivity index (χ3v) is 6.83. The fourth-order valence-electron chi connectivity index (χ4n) is 4.96. The normalized spacial score (nSPS) is 22.9. The highest BCUT2D eigenvalue weighted by atomic mass is 16.2. The van der Waals surface area contributed by atoms with Gasteiger partial charge in [0, 0.05) is 52.4 Å². The monoisotopic (exact) mass is 441 g/mol. The number of amides is 3. The third kappa shape index (κ3) is 5.86. The van der Waals surface area contributed by atoms with Crippen molar-refractivity contribution in [2.24, 2.45) is 0 Å². The van der Waals surface area contributed by atoms with Gasteiger partial charge in [0.15, 0.2) is 0 Å². The van der Waals surface area contributed by atoms with Crippen LogP contribution in [0.15, 0.2) is 30.3 Å². The zero-order valence-electron chi connectivity index (χ0n) is 18.9. The van der Waals surface area contributed by atoms with Gasteiger partial charge in [-0.05, 0) is 31.2 Å². The summed E-state index contributed by atoms with van der Waals surface area (Å²) in [7, 11) is 0. The van der Waals surface area contributed by atoms with Crippen LogP contribution in [0.5, 0.6) is 0 Å². The van der Waals surface area contributed by atoms with E-state index >= 15 is 0 Å². The Bertz CT molecular complexity index is 788. The SMILES string of the molecule is O=C(CN1CCN(C2CCCN(Cc3ccccc3)C2=O)CC1)NCC(=O)N1CCCC1. The molecule has 1 atom stereocenters. The molecular formula is C24H35N5O3. The highest BCUT2D eigenvalue weighted by Crippen LogP contribution is 2.21. The van der Waals surface area contributed by atoms with Crippen LogP contribution in [0.25, 0.3) is 0 Å². The summed E-state index contributed by atoms with van der Waals surface area (Å²) < 4.78 is 0. The lowest BCUT2D eigenvalue weighted by Crippen LogP contribution is -2.58. The fourth-order valence-corrected chi connectivity index (χ4v) is 4.96. The van der Waals surface area contributed by atoms with Crippen molar-refractivity contribution in [2.75, 3.05) is 58.9 Å². The van der Waals surface area contributed by atoms with E-state index in [0.717, 1.165) is 71.5 Å². The van der Waals surface area contributed by atoms with Crippen molar-refractivity contribution in [3.8, 4) is 0 Å². The summed E-state index contributed by atoms with van der Waals surface area (Å²) in [4.78, 5) is 45.7.